The van der Waals surface area contributed by atoms with E-state index >= 15 is 0 Å². The maximum Gasteiger partial charge on any atom is 0.346 e. The fourth-order valence-electron chi connectivity index (χ4n) is 0.643. The second kappa shape index (κ2) is 4.61. The number of hydrogen-bond donors (Lipinski definition) is 2. The molecule has 4 nitrogen and oxygen atoms in total. The third-order valence-electron chi connectivity index (χ3n) is 1.09. The number of carboxylic acids is 2. The largest absolute Gasteiger partial charge is 0.478 e. The second-order valence-electron chi connectivity index (χ2n) is 1.77. The molecular weight excluding hydrogens is 191 g/mol. The minimum absolute atomic E-state index is 0. The van der Waals surface area contributed by atoms with E-state index in [-0.39, 0.29) is 40.0 Å². The molecule has 0 saturated carbocycles. The summed E-state index contributed by atoms with van der Waals surface area (Å²) in [5.74, 6) is -2.40. The van der Waals surface area contributed by atoms with Gasteiger partial charge in [-0.2, -0.15) is 0 Å². The molecule has 1 radical (unpaired) electrons. The standard InChI is InChI=1S/C6H4O4S.Na/c7-5(8)3-1-2-11-4(3)6(9)10;/h1-2H,(H,7,8)(H,9,10);. The average Bonchev–Trinajstić information content (AvgIpc) is 2.32. The van der Waals surface area contributed by atoms with Crippen LogP contribution < -0.4 is 0 Å². The maximum atomic E-state index is 10.3. The first-order chi connectivity index (χ1) is 5.13. The Hall–Kier alpha value is -0.360. The van der Waals surface area contributed by atoms with Gasteiger partial charge in [-0.05, 0) is 11.4 Å². The van der Waals surface area contributed by atoms with Gasteiger partial charge < -0.3 is 10.2 Å². The Labute approximate surface area is 94.1 Å². The van der Waals surface area contributed by atoms with E-state index in [1.54, 1.807) is 0 Å². The fourth-order valence-corrected chi connectivity index (χ4v) is 1.37. The molecule has 1 heterocycles. The van der Waals surface area contributed by atoms with Crippen molar-refractivity contribution in [1.29, 1.82) is 0 Å². The van der Waals surface area contributed by atoms with Crippen LogP contribution in [0.2, 0.25) is 0 Å². The summed E-state index contributed by atoms with van der Waals surface area (Å²) >= 11 is 0.906. The molecule has 1 rings (SSSR count). The molecule has 0 saturated heterocycles. The van der Waals surface area contributed by atoms with Crippen LogP contribution in [0.4, 0.5) is 0 Å². The molecule has 0 amide bonds. The summed E-state index contributed by atoms with van der Waals surface area (Å²) in [4.78, 5) is 20.5. The topological polar surface area (TPSA) is 74.6 Å². The molecular formula is C6H4NaO4S. The molecule has 2 N–H and O–H groups in total. The summed E-state index contributed by atoms with van der Waals surface area (Å²) in [7, 11) is 0. The number of thiophene rings is 1. The zero-order chi connectivity index (χ0) is 8.43. The molecule has 0 fully saturated rings. The van der Waals surface area contributed by atoms with Crippen molar-refractivity contribution >= 4 is 52.8 Å². The molecule has 12 heavy (non-hydrogen) atoms. The smallest absolute Gasteiger partial charge is 0.346 e. The minimum Gasteiger partial charge on any atom is -0.478 e. The van der Waals surface area contributed by atoms with Gasteiger partial charge in [0.05, 0.1) is 5.56 Å². The molecule has 0 aliphatic rings. The van der Waals surface area contributed by atoms with E-state index in [1.165, 1.54) is 11.4 Å². The zero-order valence-electron chi connectivity index (χ0n) is 6.27. The molecule has 6 heteroatoms. The van der Waals surface area contributed by atoms with Gasteiger partial charge in [0.1, 0.15) is 4.88 Å². The van der Waals surface area contributed by atoms with Gasteiger partial charge in [0, 0.05) is 29.6 Å². The number of carboxylic acid groups (broad SMARTS) is 2. The predicted octanol–water partition coefficient (Wildman–Crippen LogP) is 0.764. The number of carbonyl (C=O) groups is 2. The number of rotatable bonds is 2. The molecule has 0 bridgehead atoms. The van der Waals surface area contributed by atoms with Crippen LogP contribution in [0.1, 0.15) is 20.0 Å². The van der Waals surface area contributed by atoms with Gasteiger partial charge in [0.2, 0.25) is 0 Å². The number of aromatic carboxylic acids is 2. The molecule has 0 spiro atoms. The Morgan fingerprint density at radius 1 is 1.25 bits per heavy atom. The SMILES string of the molecule is O=C(O)c1ccsc1C(=O)O.[Na]. The third kappa shape index (κ3) is 2.31. The normalized spacial score (nSPS) is 8.67. The van der Waals surface area contributed by atoms with E-state index in [4.69, 9.17) is 10.2 Å². The van der Waals surface area contributed by atoms with E-state index < -0.39 is 11.9 Å². The van der Waals surface area contributed by atoms with Crippen LogP contribution in [0, 0.1) is 0 Å². The summed E-state index contributed by atoms with van der Waals surface area (Å²) in [5, 5.41) is 18.3. The van der Waals surface area contributed by atoms with Crippen molar-refractivity contribution in [1.82, 2.24) is 0 Å². The van der Waals surface area contributed by atoms with Crippen LogP contribution in [0.25, 0.3) is 0 Å². The molecule has 1 aromatic rings. The minimum atomic E-state index is -1.20. The van der Waals surface area contributed by atoms with Crippen molar-refractivity contribution in [3.63, 3.8) is 0 Å². The zero-order valence-corrected chi connectivity index (χ0v) is 9.09. The van der Waals surface area contributed by atoms with Crippen molar-refractivity contribution in [2.45, 2.75) is 0 Å². The van der Waals surface area contributed by atoms with Crippen molar-refractivity contribution in [2.24, 2.45) is 0 Å². The Bertz CT molecular complexity index is 278. The van der Waals surface area contributed by atoms with Crippen molar-refractivity contribution in [2.75, 3.05) is 0 Å². The Kier molecular flexibility index (Phi) is 4.47. The first-order valence-corrected chi connectivity index (χ1v) is 3.55. The van der Waals surface area contributed by atoms with Gasteiger partial charge in [0.25, 0.3) is 0 Å². The fraction of sp³-hybridized carbons (Fsp3) is 0. The van der Waals surface area contributed by atoms with Gasteiger partial charge in [-0.15, -0.1) is 11.3 Å². The third-order valence-corrected chi connectivity index (χ3v) is 1.99. The molecule has 0 atom stereocenters. The Morgan fingerprint density at radius 3 is 2.17 bits per heavy atom. The van der Waals surface area contributed by atoms with Crippen molar-refractivity contribution in [3.05, 3.63) is 21.9 Å². The predicted molar refractivity (Wildman–Crippen MR) is 44.0 cm³/mol. The maximum absolute atomic E-state index is 10.3. The van der Waals surface area contributed by atoms with Gasteiger partial charge in [-0.25, -0.2) is 9.59 Å². The van der Waals surface area contributed by atoms with Crippen LogP contribution in [0.15, 0.2) is 11.4 Å². The van der Waals surface area contributed by atoms with Crippen LogP contribution in [0.5, 0.6) is 0 Å². The second-order valence-corrected chi connectivity index (χ2v) is 2.69. The van der Waals surface area contributed by atoms with Crippen LogP contribution in [0.3, 0.4) is 0 Å². The summed E-state index contributed by atoms with van der Waals surface area (Å²) in [6.07, 6.45) is 0. The quantitative estimate of drug-likeness (QED) is 0.683. The monoisotopic (exact) mass is 195 g/mol. The van der Waals surface area contributed by atoms with Crippen molar-refractivity contribution in [3.8, 4) is 0 Å². The average molecular weight is 195 g/mol. The van der Waals surface area contributed by atoms with E-state index in [9.17, 15) is 9.59 Å². The summed E-state index contributed by atoms with van der Waals surface area (Å²) in [6, 6.07) is 1.27. The van der Waals surface area contributed by atoms with Crippen LogP contribution >= 0.6 is 11.3 Å². The molecule has 0 aliphatic heterocycles. The van der Waals surface area contributed by atoms with E-state index in [0.717, 1.165) is 11.3 Å². The number of hydrogen-bond acceptors (Lipinski definition) is 3. The van der Waals surface area contributed by atoms with Gasteiger partial charge >= 0.3 is 11.9 Å². The molecule has 0 unspecified atom stereocenters. The summed E-state index contributed by atoms with van der Waals surface area (Å²) in [6.45, 7) is 0. The first-order valence-electron chi connectivity index (χ1n) is 2.67. The van der Waals surface area contributed by atoms with Crippen LogP contribution in [-0.4, -0.2) is 51.7 Å². The summed E-state index contributed by atoms with van der Waals surface area (Å²) in [5.41, 5.74) is -0.150. The molecule has 1 aromatic heterocycles. The van der Waals surface area contributed by atoms with Crippen molar-refractivity contribution < 1.29 is 19.8 Å². The first kappa shape index (κ1) is 11.6. The molecule has 0 aromatic carbocycles. The van der Waals surface area contributed by atoms with E-state index in [2.05, 4.69) is 0 Å². The van der Waals surface area contributed by atoms with Gasteiger partial charge in [-0.1, -0.05) is 0 Å². The summed E-state index contributed by atoms with van der Waals surface area (Å²) < 4.78 is 0. The molecule has 59 valence electrons. The van der Waals surface area contributed by atoms with Gasteiger partial charge in [-0.3, -0.25) is 0 Å². The van der Waals surface area contributed by atoms with Gasteiger partial charge in [0.15, 0.2) is 0 Å². The van der Waals surface area contributed by atoms with E-state index in [0.29, 0.717) is 0 Å². The Balaban J connectivity index is 0.00000121. The molecule has 0 aliphatic carbocycles. The van der Waals surface area contributed by atoms with E-state index in [1.807, 2.05) is 0 Å². The Morgan fingerprint density at radius 2 is 1.83 bits per heavy atom. The van der Waals surface area contributed by atoms with Crippen LogP contribution in [-0.2, 0) is 0 Å².